The Hall–Kier alpha value is -1.35. The van der Waals surface area contributed by atoms with E-state index in [9.17, 15) is 13.2 Å². The maximum atomic E-state index is 11.4. The molecule has 0 aromatic heterocycles. The molecule has 0 fully saturated rings. The zero-order chi connectivity index (χ0) is 13.6. The molecule has 8 nitrogen and oxygen atoms in total. The van der Waals surface area contributed by atoms with Gasteiger partial charge in [-0.15, -0.1) is 0 Å². The van der Waals surface area contributed by atoms with Crippen LogP contribution in [0.3, 0.4) is 0 Å². The van der Waals surface area contributed by atoms with E-state index in [0.717, 1.165) is 0 Å². The highest BCUT2D eigenvalue weighted by molar-refractivity contribution is 7.88. The number of ether oxygens (including phenoxy) is 1. The molecule has 17 heavy (non-hydrogen) atoms. The number of rotatable bonds is 6. The summed E-state index contributed by atoms with van der Waals surface area (Å²) in [4.78, 5) is 11.1. The highest BCUT2D eigenvalue weighted by Gasteiger charge is 2.21. The number of hydrogen-bond donors (Lipinski definition) is 4. The Morgan fingerprint density at radius 2 is 2.00 bits per heavy atom. The van der Waals surface area contributed by atoms with Crippen molar-refractivity contribution < 1.29 is 17.9 Å². The minimum atomic E-state index is -4.08. The first-order chi connectivity index (χ1) is 7.68. The van der Waals surface area contributed by atoms with Crippen LogP contribution in [0.5, 0.6) is 0 Å². The summed E-state index contributed by atoms with van der Waals surface area (Å²) in [5.74, 6) is -0.324. The van der Waals surface area contributed by atoms with Gasteiger partial charge in [0.2, 0.25) is 0 Å². The Balaban J connectivity index is 4.49. The van der Waals surface area contributed by atoms with Gasteiger partial charge in [-0.05, 0) is 20.3 Å². The van der Waals surface area contributed by atoms with Crippen LogP contribution in [0.4, 0.5) is 4.79 Å². The van der Waals surface area contributed by atoms with Gasteiger partial charge in [-0.2, -0.15) is 13.1 Å². The molecule has 0 heterocycles. The third kappa shape index (κ3) is 6.74. The Bertz CT molecular complexity index is 379. The van der Waals surface area contributed by atoms with E-state index >= 15 is 0 Å². The molecule has 0 aromatic carbocycles. The predicted octanol–water partition coefficient (Wildman–Crippen LogP) is -0.330. The minimum Gasteiger partial charge on any atom is -0.446 e. The lowest BCUT2D eigenvalue weighted by Crippen LogP contribution is -2.49. The quantitative estimate of drug-likeness (QED) is 0.385. The maximum absolute atomic E-state index is 11.4. The molecule has 0 bridgehead atoms. The molecule has 0 aliphatic rings. The van der Waals surface area contributed by atoms with Gasteiger partial charge in [-0.1, -0.05) is 6.92 Å². The van der Waals surface area contributed by atoms with Crippen LogP contribution < -0.4 is 15.2 Å². The van der Waals surface area contributed by atoms with Crippen LogP contribution in [0.25, 0.3) is 0 Å². The standard InChI is InChI=1S/C8H18N4O4S/c1-4-6(7(9)10)11-17(14,15)12-8(13)16-5(2)3/h5-6,11H,4H2,1-3H3,(H3,9,10)(H,12,13). The Labute approximate surface area is 101 Å². The molecule has 1 atom stereocenters. The van der Waals surface area contributed by atoms with E-state index in [1.54, 1.807) is 25.5 Å². The summed E-state index contributed by atoms with van der Waals surface area (Å²) in [6, 6.07) is -0.848. The highest BCUT2D eigenvalue weighted by atomic mass is 32.2. The molecule has 0 aliphatic heterocycles. The van der Waals surface area contributed by atoms with Gasteiger partial charge >= 0.3 is 16.3 Å². The number of amidine groups is 1. The summed E-state index contributed by atoms with van der Waals surface area (Å²) in [6.45, 7) is 4.83. The molecule has 0 saturated heterocycles. The Morgan fingerprint density at radius 3 is 2.35 bits per heavy atom. The first kappa shape index (κ1) is 15.7. The second kappa shape index (κ2) is 6.40. The van der Waals surface area contributed by atoms with Gasteiger partial charge in [0, 0.05) is 0 Å². The molecule has 0 rings (SSSR count). The molecule has 1 unspecified atom stereocenters. The highest BCUT2D eigenvalue weighted by Crippen LogP contribution is 1.94. The van der Waals surface area contributed by atoms with Crippen molar-refractivity contribution in [1.29, 1.82) is 5.41 Å². The topological polar surface area (TPSA) is 134 Å². The van der Waals surface area contributed by atoms with Gasteiger partial charge in [-0.25, -0.2) is 9.52 Å². The van der Waals surface area contributed by atoms with E-state index in [1.165, 1.54) is 0 Å². The first-order valence-corrected chi connectivity index (χ1v) is 6.50. The Kier molecular flexibility index (Phi) is 5.89. The van der Waals surface area contributed by atoms with Crippen LogP contribution in [0.2, 0.25) is 0 Å². The van der Waals surface area contributed by atoms with Crippen molar-refractivity contribution in [2.45, 2.75) is 39.3 Å². The summed E-state index contributed by atoms with van der Waals surface area (Å²) in [7, 11) is -4.08. The molecule has 0 saturated carbocycles. The number of amides is 1. The minimum absolute atomic E-state index is 0.301. The molecule has 0 aromatic rings. The van der Waals surface area contributed by atoms with Crippen molar-refractivity contribution in [1.82, 2.24) is 9.44 Å². The molecule has 5 N–H and O–H groups in total. The fourth-order valence-corrected chi connectivity index (χ4v) is 1.93. The summed E-state index contributed by atoms with van der Waals surface area (Å²) in [5.41, 5.74) is 5.18. The molecule has 0 radical (unpaired) electrons. The van der Waals surface area contributed by atoms with E-state index in [-0.39, 0.29) is 5.84 Å². The van der Waals surface area contributed by atoms with Crippen molar-refractivity contribution in [3.05, 3.63) is 0 Å². The third-order valence-electron chi connectivity index (χ3n) is 1.64. The fraction of sp³-hybridized carbons (Fsp3) is 0.750. The molecule has 9 heteroatoms. The molecule has 0 spiro atoms. The fourth-order valence-electron chi connectivity index (χ4n) is 0.931. The average Bonchev–Trinajstić information content (AvgIpc) is 2.11. The molecular weight excluding hydrogens is 248 g/mol. The van der Waals surface area contributed by atoms with E-state index in [4.69, 9.17) is 11.1 Å². The number of carbonyl (C=O) groups excluding carboxylic acids is 1. The van der Waals surface area contributed by atoms with Crippen molar-refractivity contribution in [2.24, 2.45) is 5.73 Å². The molecule has 1 amide bonds. The van der Waals surface area contributed by atoms with Gasteiger partial charge in [-0.3, -0.25) is 5.41 Å². The van der Waals surface area contributed by atoms with Crippen molar-refractivity contribution in [3.63, 3.8) is 0 Å². The second-order valence-electron chi connectivity index (χ2n) is 3.59. The van der Waals surface area contributed by atoms with Gasteiger partial charge in [0.25, 0.3) is 0 Å². The average molecular weight is 266 g/mol. The smallest absolute Gasteiger partial charge is 0.422 e. The Morgan fingerprint density at radius 1 is 1.47 bits per heavy atom. The number of hydrogen-bond acceptors (Lipinski definition) is 5. The number of carbonyl (C=O) groups is 1. The maximum Gasteiger partial charge on any atom is 0.422 e. The van der Waals surface area contributed by atoms with Crippen molar-refractivity contribution >= 4 is 22.1 Å². The van der Waals surface area contributed by atoms with Crippen molar-refractivity contribution in [3.8, 4) is 0 Å². The number of nitrogens with one attached hydrogen (secondary N) is 3. The monoisotopic (exact) mass is 266 g/mol. The van der Waals surface area contributed by atoms with Gasteiger partial charge < -0.3 is 10.5 Å². The zero-order valence-corrected chi connectivity index (χ0v) is 10.8. The van der Waals surface area contributed by atoms with Crippen molar-refractivity contribution in [2.75, 3.05) is 0 Å². The lowest BCUT2D eigenvalue weighted by atomic mass is 10.2. The summed E-state index contributed by atoms with van der Waals surface area (Å²) >= 11 is 0. The van der Waals surface area contributed by atoms with E-state index < -0.39 is 28.4 Å². The summed E-state index contributed by atoms with van der Waals surface area (Å²) in [6.07, 6.45) is -1.21. The van der Waals surface area contributed by atoms with Gasteiger partial charge in [0.05, 0.1) is 12.1 Å². The van der Waals surface area contributed by atoms with E-state index in [2.05, 4.69) is 9.46 Å². The molecular formula is C8H18N4O4S. The third-order valence-corrected chi connectivity index (χ3v) is 2.67. The largest absolute Gasteiger partial charge is 0.446 e. The first-order valence-electron chi connectivity index (χ1n) is 5.02. The van der Waals surface area contributed by atoms with Crippen LogP contribution in [0, 0.1) is 5.41 Å². The van der Waals surface area contributed by atoms with Crippen LogP contribution >= 0.6 is 0 Å². The normalized spacial score (nSPS) is 13.2. The lowest BCUT2D eigenvalue weighted by Gasteiger charge is -2.16. The molecule has 0 aliphatic carbocycles. The SMILES string of the molecule is CCC(NS(=O)(=O)NC(=O)OC(C)C)C(=N)N. The zero-order valence-electron chi connectivity index (χ0n) is 9.98. The van der Waals surface area contributed by atoms with Crippen LogP contribution in [0.15, 0.2) is 0 Å². The summed E-state index contributed by atoms with van der Waals surface area (Å²) < 4.78 is 31.2. The predicted molar refractivity (Wildman–Crippen MR) is 62.8 cm³/mol. The van der Waals surface area contributed by atoms with Gasteiger partial charge in [0.15, 0.2) is 0 Å². The van der Waals surface area contributed by atoms with E-state index in [0.29, 0.717) is 6.42 Å². The van der Waals surface area contributed by atoms with Crippen LogP contribution in [-0.4, -0.2) is 32.5 Å². The van der Waals surface area contributed by atoms with Gasteiger partial charge in [0.1, 0.15) is 5.84 Å². The summed E-state index contributed by atoms with van der Waals surface area (Å²) in [5, 5.41) is 7.13. The van der Waals surface area contributed by atoms with Crippen LogP contribution in [-0.2, 0) is 14.9 Å². The van der Waals surface area contributed by atoms with E-state index in [1.807, 2.05) is 0 Å². The lowest BCUT2D eigenvalue weighted by molar-refractivity contribution is 0.121. The molecule has 100 valence electrons. The second-order valence-corrected chi connectivity index (χ2v) is 5.04. The number of nitrogens with two attached hydrogens (primary N) is 1. The van der Waals surface area contributed by atoms with Crippen LogP contribution in [0.1, 0.15) is 27.2 Å².